The Morgan fingerprint density at radius 2 is 2.00 bits per heavy atom. The average Bonchev–Trinajstić information content (AvgIpc) is 3.03. The Morgan fingerprint density at radius 3 is 2.72 bits per heavy atom. The van der Waals surface area contributed by atoms with Crippen LogP contribution in [-0.2, 0) is 6.54 Å². The van der Waals surface area contributed by atoms with Gasteiger partial charge in [-0.05, 0) is 37.6 Å². The van der Waals surface area contributed by atoms with Gasteiger partial charge in [0.05, 0.1) is 12.7 Å². The predicted molar refractivity (Wildman–Crippen MR) is 98.2 cm³/mol. The van der Waals surface area contributed by atoms with E-state index in [4.69, 9.17) is 5.73 Å². The fourth-order valence-corrected chi connectivity index (χ4v) is 2.56. The molecule has 0 unspecified atom stereocenters. The van der Waals surface area contributed by atoms with E-state index in [0.29, 0.717) is 12.1 Å². The van der Waals surface area contributed by atoms with Crippen molar-refractivity contribution in [2.24, 2.45) is 5.73 Å². The van der Waals surface area contributed by atoms with Crippen LogP contribution in [0.15, 0.2) is 54.7 Å². The van der Waals surface area contributed by atoms with E-state index in [9.17, 15) is 4.79 Å². The minimum absolute atomic E-state index is 0.000205. The van der Waals surface area contributed by atoms with Crippen molar-refractivity contribution in [1.29, 1.82) is 0 Å². The Kier molecular flexibility index (Phi) is 4.90. The lowest BCUT2D eigenvalue weighted by molar-refractivity contribution is 0.102. The molecule has 3 N–H and O–H groups in total. The van der Waals surface area contributed by atoms with Gasteiger partial charge in [0.15, 0.2) is 0 Å². The molecule has 0 aliphatic rings. The van der Waals surface area contributed by atoms with Gasteiger partial charge in [-0.3, -0.25) is 9.48 Å². The molecule has 1 heterocycles. The van der Waals surface area contributed by atoms with Gasteiger partial charge in [-0.15, -0.1) is 5.10 Å². The number of carbonyl (C=O) groups excluding carboxylic acids is 1. The summed E-state index contributed by atoms with van der Waals surface area (Å²) in [5, 5.41) is 11.2. The van der Waals surface area contributed by atoms with E-state index in [1.807, 2.05) is 68.6 Å². The Balaban J connectivity index is 1.85. The highest BCUT2D eigenvalue weighted by Gasteiger charge is 2.13. The molecule has 1 atom stereocenters. The third-order valence-corrected chi connectivity index (χ3v) is 3.82. The topological polar surface area (TPSA) is 85.8 Å². The molecule has 6 nitrogen and oxygen atoms in total. The maximum atomic E-state index is 12.6. The molecular weight excluding hydrogens is 314 g/mol. The van der Waals surface area contributed by atoms with Crippen LogP contribution in [0.25, 0.3) is 11.3 Å². The summed E-state index contributed by atoms with van der Waals surface area (Å²) in [6, 6.07) is 15.1. The zero-order valence-corrected chi connectivity index (χ0v) is 14.3. The van der Waals surface area contributed by atoms with Crippen LogP contribution in [0.3, 0.4) is 0 Å². The highest BCUT2D eigenvalue weighted by atomic mass is 16.1. The highest BCUT2D eigenvalue weighted by Crippen LogP contribution is 2.21. The largest absolute Gasteiger partial charge is 0.326 e. The summed E-state index contributed by atoms with van der Waals surface area (Å²) >= 11 is 0. The van der Waals surface area contributed by atoms with Gasteiger partial charge < -0.3 is 11.1 Å². The Labute approximate surface area is 146 Å². The van der Waals surface area contributed by atoms with E-state index in [1.165, 1.54) is 0 Å². The van der Waals surface area contributed by atoms with Gasteiger partial charge in [0.1, 0.15) is 5.69 Å². The summed E-state index contributed by atoms with van der Waals surface area (Å²) in [6.45, 7) is 4.43. The second-order valence-corrected chi connectivity index (χ2v) is 6.15. The fraction of sp³-hybridized carbons (Fsp3) is 0.211. The van der Waals surface area contributed by atoms with E-state index >= 15 is 0 Å². The molecule has 0 spiro atoms. The normalized spacial score (nSPS) is 12.0. The molecule has 0 aliphatic heterocycles. The number of amides is 1. The third kappa shape index (κ3) is 4.10. The van der Waals surface area contributed by atoms with E-state index in [-0.39, 0.29) is 11.9 Å². The molecule has 1 amide bonds. The van der Waals surface area contributed by atoms with Crippen molar-refractivity contribution < 1.29 is 4.79 Å². The lowest BCUT2D eigenvalue weighted by Gasteiger charge is -2.09. The minimum atomic E-state index is -0.145. The molecular formula is C19H21N5O. The van der Waals surface area contributed by atoms with E-state index in [2.05, 4.69) is 15.6 Å². The monoisotopic (exact) mass is 335 g/mol. The lowest BCUT2D eigenvalue weighted by atomic mass is 10.0. The van der Waals surface area contributed by atoms with Crippen LogP contribution in [0.2, 0.25) is 0 Å². The van der Waals surface area contributed by atoms with Crippen LogP contribution in [0.5, 0.6) is 0 Å². The number of carbonyl (C=O) groups is 1. The standard InChI is InChI=1S/C19H21N5O/c1-13-8-9-15(18-12-24(23-22-18)11-14(2)20)10-17(13)19(25)21-16-6-4-3-5-7-16/h3-10,12,14H,11,20H2,1-2H3,(H,21,25)/t14-/m1/s1. The molecule has 0 saturated heterocycles. The highest BCUT2D eigenvalue weighted by molar-refractivity contribution is 6.05. The zero-order valence-electron chi connectivity index (χ0n) is 14.3. The van der Waals surface area contributed by atoms with Gasteiger partial charge in [0.25, 0.3) is 5.91 Å². The molecule has 0 fully saturated rings. The first-order valence-corrected chi connectivity index (χ1v) is 8.16. The van der Waals surface area contributed by atoms with Gasteiger partial charge in [-0.25, -0.2) is 0 Å². The number of nitrogens with two attached hydrogens (primary N) is 1. The molecule has 0 aliphatic carbocycles. The summed E-state index contributed by atoms with van der Waals surface area (Å²) in [7, 11) is 0. The van der Waals surface area contributed by atoms with Crippen LogP contribution >= 0.6 is 0 Å². The second-order valence-electron chi connectivity index (χ2n) is 6.15. The average molecular weight is 335 g/mol. The van der Waals surface area contributed by atoms with Crippen molar-refractivity contribution in [3.63, 3.8) is 0 Å². The Morgan fingerprint density at radius 1 is 1.24 bits per heavy atom. The predicted octanol–water partition coefficient (Wildman–Crippen LogP) is 2.85. The van der Waals surface area contributed by atoms with Crippen molar-refractivity contribution in [2.45, 2.75) is 26.4 Å². The SMILES string of the molecule is Cc1ccc(-c2cn(C[C@@H](C)N)nn2)cc1C(=O)Nc1ccccc1. The molecule has 1 aromatic heterocycles. The summed E-state index contributed by atoms with van der Waals surface area (Å²) in [5.74, 6) is -0.145. The summed E-state index contributed by atoms with van der Waals surface area (Å²) in [4.78, 5) is 12.6. The van der Waals surface area contributed by atoms with Crippen molar-refractivity contribution in [3.8, 4) is 11.3 Å². The minimum Gasteiger partial charge on any atom is -0.326 e. The summed E-state index contributed by atoms with van der Waals surface area (Å²) in [5.41, 5.74) is 9.63. The van der Waals surface area contributed by atoms with Crippen LogP contribution < -0.4 is 11.1 Å². The van der Waals surface area contributed by atoms with Crippen molar-refractivity contribution in [2.75, 3.05) is 5.32 Å². The quantitative estimate of drug-likeness (QED) is 0.751. The van der Waals surface area contributed by atoms with Gasteiger partial charge in [0.2, 0.25) is 0 Å². The van der Waals surface area contributed by atoms with E-state index in [1.54, 1.807) is 4.68 Å². The lowest BCUT2D eigenvalue weighted by Crippen LogP contribution is -2.22. The van der Waals surface area contributed by atoms with Crippen molar-refractivity contribution in [3.05, 3.63) is 65.9 Å². The van der Waals surface area contributed by atoms with Crippen LogP contribution in [0.4, 0.5) is 5.69 Å². The number of nitrogens with zero attached hydrogens (tertiary/aromatic N) is 3. The van der Waals surface area contributed by atoms with Crippen molar-refractivity contribution >= 4 is 11.6 Å². The maximum Gasteiger partial charge on any atom is 0.255 e. The number of para-hydroxylation sites is 1. The summed E-state index contributed by atoms with van der Waals surface area (Å²) in [6.07, 6.45) is 1.84. The molecule has 128 valence electrons. The van der Waals surface area contributed by atoms with E-state index in [0.717, 1.165) is 22.5 Å². The number of hydrogen-bond acceptors (Lipinski definition) is 4. The number of aromatic nitrogens is 3. The molecule has 25 heavy (non-hydrogen) atoms. The number of rotatable bonds is 5. The smallest absolute Gasteiger partial charge is 0.255 e. The molecule has 6 heteroatoms. The van der Waals surface area contributed by atoms with E-state index < -0.39 is 0 Å². The van der Waals surface area contributed by atoms with Crippen molar-refractivity contribution in [1.82, 2.24) is 15.0 Å². The molecule has 0 radical (unpaired) electrons. The van der Waals surface area contributed by atoms with Gasteiger partial charge >= 0.3 is 0 Å². The first-order valence-electron chi connectivity index (χ1n) is 8.16. The molecule has 0 saturated carbocycles. The number of benzene rings is 2. The fourth-order valence-electron chi connectivity index (χ4n) is 2.56. The summed E-state index contributed by atoms with van der Waals surface area (Å²) < 4.78 is 1.71. The maximum absolute atomic E-state index is 12.6. The third-order valence-electron chi connectivity index (χ3n) is 3.82. The molecule has 3 aromatic rings. The Hall–Kier alpha value is -2.99. The number of anilines is 1. The second kappa shape index (κ2) is 7.27. The molecule has 2 aromatic carbocycles. The van der Waals surface area contributed by atoms with Gasteiger partial charge in [-0.2, -0.15) is 0 Å². The first-order chi connectivity index (χ1) is 12.0. The number of nitrogens with one attached hydrogen (secondary N) is 1. The Bertz CT molecular complexity index is 871. The van der Waals surface area contributed by atoms with Gasteiger partial charge in [0, 0.05) is 22.9 Å². The zero-order chi connectivity index (χ0) is 17.8. The van der Waals surface area contributed by atoms with Gasteiger partial charge in [-0.1, -0.05) is 35.5 Å². The number of aryl methyl sites for hydroxylation is 1. The molecule has 3 rings (SSSR count). The van der Waals surface area contributed by atoms with Crippen LogP contribution in [0, 0.1) is 6.92 Å². The molecule has 0 bridgehead atoms. The number of hydrogen-bond donors (Lipinski definition) is 2. The van der Waals surface area contributed by atoms with Crippen LogP contribution in [-0.4, -0.2) is 26.9 Å². The van der Waals surface area contributed by atoms with Crippen LogP contribution in [0.1, 0.15) is 22.8 Å². The first kappa shape index (κ1) is 16.9.